The first-order chi connectivity index (χ1) is 14.1. The molecule has 0 saturated carbocycles. The normalized spacial score (nSPS) is 19.4. The minimum absolute atomic E-state index is 0.0975. The lowest BCUT2D eigenvalue weighted by Gasteiger charge is -2.25. The number of carbonyl (C=O) groups is 3. The number of aromatic nitrogens is 1. The highest BCUT2D eigenvalue weighted by atomic mass is 32.1. The van der Waals surface area contributed by atoms with E-state index in [1.54, 1.807) is 28.7 Å². The first-order valence-electron chi connectivity index (χ1n) is 9.29. The molecule has 2 saturated heterocycles. The van der Waals surface area contributed by atoms with Crippen molar-refractivity contribution < 1.29 is 23.5 Å². The van der Waals surface area contributed by atoms with E-state index < -0.39 is 17.7 Å². The van der Waals surface area contributed by atoms with Gasteiger partial charge in [-0.1, -0.05) is 0 Å². The standard InChI is InChI=1S/C18H21N5O5S/c24-15-8-12(9-23(15)10-13-2-1-5-28-13)16(25)20-21-17(26)14-11-29-18(19-14)22-3-6-27-7-4-22/h1-2,5,11-12H,3-4,6-10H2,(H,20,25)(H,21,26). The molecular formula is C18H21N5O5S. The van der Waals surface area contributed by atoms with Gasteiger partial charge in [-0.25, -0.2) is 4.98 Å². The molecule has 10 nitrogen and oxygen atoms in total. The Hall–Kier alpha value is -2.92. The van der Waals surface area contributed by atoms with Gasteiger partial charge in [0.1, 0.15) is 11.5 Å². The third-order valence-electron chi connectivity index (χ3n) is 4.82. The Morgan fingerprint density at radius 3 is 2.86 bits per heavy atom. The highest BCUT2D eigenvalue weighted by Crippen LogP contribution is 2.22. The summed E-state index contributed by atoms with van der Waals surface area (Å²) in [5, 5.41) is 2.40. The molecule has 0 bridgehead atoms. The maximum atomic E-state index is 12.4. The number of carbonyl (C=O) groups excluding carboxylic acids is 3. The summed E-state index contributed by atoms with van der Waals surface area (Å²) in [6, 6.07) is 3.53. The summed E-state index contributed by atoms with van der Waals surface area (Å²) in [6.07, 6.45) is 1.64. The van der Waals surface area contributed by atoms with Crippen LogP contribution >= 0.6 is 11.3 Å². The van der Waals surface area contributed by atoms with Crippen LogP contribution in [-0.2, 0) is 20.9 Å². The van der Waals surface area contributed by atoms with Crippen LogP contribution in [-0.4, -0.2) is 60.5 Å². The Bertz CT molecular complexity index is 877. The number of ether oxygens (including phenoxy) is 1. The second kappa shape index (κ2) is 8.62. The molecule has 2 fully saturated rings. The summed E-state index contributed by atoms with van der Waals surface area (Å²) in [7, 11) is 0. The van der Waals surface area contributed by atoms with E-state index in [9.17, 15) is 14.4 Å². The predicted octanol–water partition coefficient (Wildman–Crippen LogP) is 0.382. The van der Waals surface area contributed by atoms with E-state index in [1.807, 2.05) is 0 Å². The quantitative estimate of drug-likeness (QED) is 0.673. The highest BCUT2D eigenvalue weighted by molar-refractivity contribution is 7.13. The minimum Gasteiger partial charge on any atom is -0.467 e. The fourth-order valence-corrected chi connectivity index (χ4v) is 4.10. The number of amides is 3. The second-order valence-corrected chi connectivity index (χ2v) is 7.65. The number of anilines is 1. The molecule has 0 aliphatic carbocycles. The number of hydrogen-bond donors (Lipinski definition) is 2. The van der Waals surface area contributed by atoms with Gasteiger partial charge in [0.2, 0.25) is 11.8 Å². The summed E-state index contributed by atoms with van der Waals surface area (Å²) in [5.74, 6) is -0.893. The first-order valence-corrected chi connectivity index (χ1v) is 10.2. The fraction of sp³-hybridized carbons (Fsp3) is 0.444. The number of rotatable bonds is 5. The molecule has 3 amide bonds. The molecule has 1 atom stereocenters. The van der Waals surface area contributed by atoms with Gasteiger partial charge in [0, 0.05) is 31.4 Å². The van der Waals surface area contributed by atoms with E-state index in [2.05, 4.69) is 20.7 Å². The van der Waals surface area contributed by atoms with Crippen molar-refractivity contribution in [1.82, 2.24) is 20.7 Å². The highest BCUT2D eigenvalue weighted by Gasteiger charge is 2.35. The summed E-state index contributed by atoms with van der Waals surface area (Å²) < 4.78 is 10.6. The lowest BCUT2D eigenvalue weighted by Crippen LogP contribution is -2.45. The number of morpholine rings is 1. The Kier molecular flexibility index (Phi) is 5.76. The minimum atomic E-state index is -0.530. The Labute approximate surface area is 170 Å². The van der Waals surface area contributed by atoms with Crippen molar-refractivity contribution in [2.45, 2.75) is 13.0 Å². The number of thiazole rings is 1. The molecule has 0 aromatic carbocycles. The molecule has 154 valence electrons. The molecule has 29 heavy (non-hydrogen) atoms. The van der Waals surface area contributed by atoms with Crippen molar-refractivity contribution in [1.29, 1.82) is 0 Å². The summed E-state index contributed by atoms with van der Waals surface area (Å²) in [6.45, 7) is 3.33. The van der Waals surface area contributed by atoms with E-state index in [0.29, 0.717) is 25.5 Å². The predicted molar refractivity (Wildman–Crippen MR) is 103 cm³/mol. The van der Waals surface area contributed by atoms with Gasteiger partial charge >= 0.3 is 0 Å². The van der Waals surface area contributed by atoms with Crippen LogP contribution in [0.25, 0.3) is 0 Å². The van der Waals surface area contributed by atoms with Crippen LogP contribution in [0, 0.1) is 5.92 Å². The number of nitrogens with one attached hydrogen (secondary N) is 2. The van der Waals surface area contributed by atoms with Crippen molar-refractivity contribution in [2.24, 2.45) is 5.92 Å². The van der Waals surface area contributed by atoms with Crippen LogP contribution < -0.4 is 15.8 Å². The lowest BCUT2D eigenvalue weighted by atomic mass is 10.1. The van der Waals surface area contributed by atoms with Crippen LogP contribution in [0.1, 0.15) is 22.7 Å². The molecule has 4 heterocycles. The molecule has 4 rings (SSSR count). The van der Waals surface area contributed by atoms with Crippen molar-refractivity contribution >= 4 is 34.2 Å². The van der Waals surface area contributed by atoms with E-state index in [-0.39, 0.29) is 24.6 Å². The Balaban J connectivity index is 1.26. The third kappa shape index (κ3) is 4.57. The van der Waals surface area contributed by atoms with Gasteiger partial charge in [-0.05, 0) is 12.1 Å². The molecule has 2 aliphatic rings. The van der Waals surface area contributed by atoms with Crippen LogP contribution in [0.15, 0.2) is 28.2 Å². The summed E-state index contributed by atoms with van der Waals surface area (Å²) >= 11 is 1.37. The van der Waals surface area contributed by atoms with Crippen LogP contribution in [0.3, 0.4) is 0 Å². The summed E-state index contributed by atoms with van der Waals surface area (Å²) in [5.41, 5.74) is 5.02. The molecule has 2 N–H and O–H groups in total. The van der Waals surface area contributed by atoms with Crippen molar-refractivity contribution in [3.63, 3.8) is 0 Å². The molecule has 0 spiro atoms. The van der Waals surface area contributed by atoms with Crippen molar-refractivity contribution in [3.05, 3.63) is 35.2 Å². The average molecular weight is 419 g/mol. The van der Waals surface area contributed by atoms with Crippen LogP contribution in [0.5, 0.6) is 0 Å². The molecule has 11 heteroatoms. The van der Waals surface area contributed by atoms with Gasteiger partial charge < -0.3 is 19.0 Å². The van der Waals surface area contributed by atoms with Crippen molar-refractivity contribution in [2.75, 3.05) is 37.7 Å². The zero-order chi connectivity index (χ0) is 20.2. The zero-order valence-corrected chi connectivity index (χ0v) is 16.4. The average Bonchev–Trinajstić information content (AvgIpc) is 3.49. The molecule has 2 aromatic heterocycles. The monoisotopic (exact) mass is 419 g/mol. The fourth-order valence-electron chi connectivity index (χ4n) is 3.24. The van der Waals surface area contributed by atoms with E-state index in [4.69, 9.17) is 9.15 Å². The first kappa shape index (κ1) is 19.4. The van der Waals surface area contributed by atoms with E-state index in [1.165, 1.54) is 11.3 Å². The molecule has 1 unspecified atom stereocenters. The molecule has 2 aliphatic heterocycles. The van der Waals surface area contributed by atoms with Gasteiger partial charge in [0.15, 0.2) is 5.13 Å². The number of furan rings is 1. The molecule has 0 radical (unpaired) electrons. The van der Waals surface area contributed by atoms with Gasteiger partial charge in [0.05, 0.1) is 31.9 Å². The van der Waals surface area contributed by atoms with Crippen LogP contribution in [0.2, 0.25) is 0 Å². The third-order valence-corrected chi connectivity index (χ3v) is 5.72. The van der Waals surface area contributed by atoms with Gasteiger partial charge in [0.25, 0.3) is 5.91 Å². The zero-order valence-electron chi connectivity index (χ0n) is 15.6. The number of likely N-dealkylation sites (tertiary alicyclic amines) is 1. The number of nitrogens with zero attached hydrogens (tertiary/aromatic N) is 3. The van der Waals surface area contributed by atoms with Crippen LogP contribution in [0.4, 0.5) is 5.13 Å². The Morgan fingerprint density at radius 1 is 1.28 bits per heavy atom. The van der Waals surface area contributed by atoms with Gasteiger partial charge in [-0.2, -0.15) is 0 Å². The Morgan fingerprint density at radius 2 is 2.10 bits per heavy atom. The number of hydrogen-bond acceptors (Lipinski definition) is 8. The smallest absolute Gasteiger partial charge is 0.289 e. The molecular weight excluding hydrogens is 398 g/mol. The van der Waals surface area contributed by atoms with Gasteiger partial charge in [-0.15, -0.1) is 11.3 Å². The summed E-state index contributed by atoms with van der Waals surface area (Å²) in [4.78, 5) is 44.7. The lowest BCUT2D eigenvalue weighted by molar-refractivity contribution is -0.129. The topological polar surface area (TPSA) is 117 Å². The maximum Gasteiger partial charge on any atom is 0.289 e. The van der Waals surface area contributed by atoms with Crippen molar-refractivity contribution in [3.8, 4) is 0 Å². The van der Waals surface area contributed by atoms with E-state index >= 15 is 0 Å². The largest absolute Gasteiger partial charge is 0.467 e. The SMILES string of the molecule is O=C(NNC(=O)C1CC(=O)N(Cc2ccco2)C1)c1csc(N2CCOCC2)n1. The maximum absolute atomic E-state index is 12.4. The molecule has 2 aromatic rings. The number of hydrazine groups is 1. The second-order valence-electron chi connectivity index (χ2n) is 6.81. The van der Waals surface area contributed by atoms with E-state index in [0.717, 1.165) is 18.2 Å². The van der Waals surface area contributed by atoms with Gasteiger partial charge in [-0.3, -0.25) is 25.2 Å².